The van der Waals surface area contributed by atoms with Crippen molar-refractivity contribution in [3.8, 4) is 0 Å². The number of unbranched alkanes of at least 4 members (excludes halogenated alkanes) is 17. The molecule has 1 rings (SSSR count). The molecule has 0 saturated heterocycles. The first-order valence-electron chi connectivity index (χ1n) is 13.9. The molecule has 0 aromatic carbocycles. The van der Waals surface area contributed by atoms with Crippen LogP contribution in [0.3, 0.4) is 0 Å². The predicted octanol–water partition coefficient (Wildman–Crippen LogP) is 9.58. The van der Waals surface area contributed by atoms with E-state index in [0.29, 0.717) is 6.42 Å². The first-order valence-corrected chi connectivity index (χ1v) is 13.9. The molecule has 0 aliphatic heterocycles. The second kappa shape index (κ2) is 20.4. The van der Waals surface area contributed by atoms with E-state index in [4.69, 9.17) is 9.52 Å². The average molecular weight is 449 g/mol. The van der Waals surface area contributed by atoms with Gasteiger partial charge < -0.3 is 9.52 Å². The van der Waals surface area contributed by atoms with Gasteiger partial charge in [-0.15, -0.1) is 0 Å². The molecule has 0 spiro atoms. The van der Waals surface area contributed by atoms with E-state index in [1.54, 1.807) is 0 Å². The van der Waals surface area contributed by atoms with Crippen LogP contribution in [0.4, 0.5) is 0 Å². The first-order chi connectivity index (χ1) is 15.6. The highest BCUT2D eigenvalue weighted by Gasteiger charge is 2.07. The number of hydrogen-bond donors (Lipinski definition) is 1. The molecule has 1 N–H and O–H groups in total. The van der Waals surface area contributed by atoms with Crippen LogP contribution in [0.25, 0.3) is 0 Å². The van der Waals surface area contributed by atoms with Crippen LogP contribution in [0, 0.1) is 6.92 Å². The molecule has 3 heteroatoms. The maximum atomic E-state index is 10.5. The fraction of sp³-hybridized carbons (Fsp3) is 0.828. The number of furan rings is 1. The van der Waals surface area contributed by atoms with Crippen molar-refractivity contribution in [1.82, 2.24) is 0 Å². The second-order valence-electron chi connectivity index (χ2n) is 9.83. The zero-order valence-electron chi connectivity index (χ0n) is 21.4. The van der Waals surface area contributed by atoms with Gasteiger partial charge in [0.2, 0.25) is 0 Å². The van der Waals surface area contributed by atoms with E-state index in [1.807, 2.05) is 0 Å². The topological polar surface area (TPSA) is 50.4 Å². The molecule has 3 nitrogen and oxygen atoms in total. The van der Waals surface area contributed by atoms with E-state index in [9.17, 15) is 4.79 Å². The lowest BCUT2D eigenvalue weighted by Gasteiger charge is -2.03. The molecule has 1 aromatic rings. The fourth-order valence-corrected chi connectivity index (χ4v) is 4.55. The molecular weight excluding hydrogens is 396 g/mol. The summed E-state index contributed by atoms with van der Waals surface area (Å²) >= 11 is 0. The maximum absolute atomic E-state index is 10.5. The van der Waals surface area contributed by atoms with Gasteiger partial charge in [-0.2, -0.15) is 0 Å². The zero-order valence-corrected chi connectivity index (χ0v) is 21.4. The normalized spacial score (nSPS) is 11.3. The standard InChI is InChI=1S/C29H52O3/c1-3-4-5-6-13-17-20-23-28-26(2)25-27(32-28)22-19-16-14-11-9-7-8-10-12-15-18-21-24-29(30)31/h25H,3-24H2,1-2H3,(H,30,31). The number of hydrogen-bond acceptors (Lipinski definition) is 2. The lowest BCUT2D eigenvalue weighted by molar-refractivity contribution is -0.137. The number of aryl methyl sites for hydroxylation is 3. The van der Waals surface area contributed by atoms with Gasteiger partial charge in [-0.3, -0.25) is 4.79 Å². The van der Waals surface area contributed by atoms with E-state index < -0.39 is 5.97 Å². The van der Waals surface area contributed by atoms with Crippen molar-refractivity contribution in [1.29, 1.82) is 0 Å². The molecule has 0 radical (unpaired) electrons. The van der Waals surface area contributed by atoms with E-state index in [-0.39, 0.29) is 0 Å². The monoisotopic (exact) mass is 448 g/mol. The molecule has 0 fully saturated rings. The molecule has 1 heterocycles. The van der Waals surface area contributed by atoms with Gasteiger partial charge in [0.25, 0.3) is 0 Å². The number of aliphatic carboxylic acids is 1. The van der Waals surface area contributed by atoms with E-state index >= 15 is 0 Å². The van der Waals surface area contributed by atoms with Gasteiger partial charge >= 0.3 is 5.97 Å². The highest BCUT2D eigenvalue weighted by Crippen LogP contribution is 2.20. The molecule has 0 saturated carbocycles. The Morgan fingerprint density at radius 3 is 1.62 bits per heavy atom. The first kappa shape index (κ1) is 28.8. The minimum Gasteiger partial charge on any atom is -0.481 e. The highest BCUT2D eigenvalue weighted by molar-refractivity contribution is 5.66. The maximum Gasteiger partial charge on any atom is 0.303 e. The summed E-state index contributed by atoms with van der Waals surface area (Å²) in [5, 5.41) is 8.62. The fourth-order valence-electron chi connectivity index (χ4n) is 4.55. The van der Waals surface area contributed by atoms with Crippen molar-refractivity contribution >= 4 is 5.97 Å². The molecule has 1 aromatic heterocycles. The SMILES string of the molecule is CCCCCCCCCc1oc(CCCCCCCCCCCCCCC(=O)O)cc1C. The molecule has 0 amide bonds. The van der Waals surface area contributed by atoms with Gasteiger partial charge in [-0.25, -0.2) is 0 Å². The summed E-state index contributed by atoms with van der Waals surface area (Å²) in [5.74, 6) is 1.77. The van der Waals surface area contributed by atoms with Crippen LogP contribution in [0.2, 0.25) is 0 Å². The molecule has 32 heavy (non-hydrogen) atoms. The van der Waals surface area contributed by atoms with Crippen LogP contribution in [-0.4, -0.2) is 11.1 Å². The Morgan fingerprint density at radius 1 is 0.688 bits per heavy atom. The van der Waals surface area contributed by atoms with E-state index in [2.05, 4.69) is 19.9 Å². The second-order valence-corrected chi connectivity index (χ2v) is 9.83. The molecule has 0 aliphatic carbocycles. The van der Waals surface area contributed by atoms with Gasteiger partial charge in [-0.1, -0.05) is 110 Å². The van der Waals surface area contributed by atoms with Crippen molar-refractivity contribution in [2.45, 2.75) is 155 Å². The third-order valence-corrected chi connectivity index (χ3v) is 6.64. The van der Waals surface area contributed by atoms with Crippen LogP contribution in [0.15, 0.2) is 10.5 Å². The minimum atomic E-state index is -0.659. The van der Waals surface area contributed by atoms with E-state index in [1.165, 1.54) is 126 Å². The molecule has 0 unspecified atom stereocenters. The van der Waals surface area contributed by atoms with Gasteiger partial charge in [0.15, 0.2) is 0 Å². The number of rotatable bonds is 23. The summed E-state index contributed by atoms with van der Waals surface area (Å²) in [6.07, 6.45) is 27.1. The largest absolute Gasteiger partial charge is 0.481 e. The average Bonchev–Trinajstić information content (AvgIpc) is 3.12. The third kappa shape index (κ3) is 16.4. The zero-order chi connectivity index (χ0) is 23.3. The number of carbonyl (C=O) groups is 1. The summed E-state index contributed by atoms with van der Waals surface area (Å²) in [4.78, 5) is 10.5. The van der Waals surface area contributed by atoms with Crippen LogP contribution >= 0.6 is 0 Å². The molecular formula is C29H52O3. The summed E-state index contributed by atoms with van der Waals surface area (Å²) in [6.45, 7) is 4.48. The molecule has 0 aliphatic rings. The highest BCUT2D eigenvalue weighted by atomic mass is 16.4. The summed E-state index contributed by atoms with van der Waals surface area (Å²) in [5.41, 5.74) is 1.35. The Bertz CT molecular complexity index is 561. The summed E-state index contributed by atoms with van der Waals surface area (Å²) in [7, 11) is 0. The Labute approximate surface area is 198 Å². The predicted molar refractivity (Wildman–Crippen MR) is 137 cm³/mol. The van der Waals surface area contributed by atoms with Crippen LogP contribution in [0.1, 0.15) is 152 Å². The minimum absolute atomic E-state index is 0.333. The van der Waals surface area contributed by atoms with Gasteiger partial charge in [0, 0.05) is 19.3 Å². The van der Waals surface area contributed by atoms with Crippen molar-refractivity contribution in [3.05, 3.63) is 23.2 Å². The van der Waals surface area contributed by atoms with Gasteiger partial charge in [-0.05, 0) is 37.8 Å². The van der Waals surface area contributed by atoms with Crippen molar-refractivity contribution in [3.63, 3.8) is 0 Å². The summed E-state index contributed by atoms with van der Waals surface area (Å²) < 4.78 is 6.15. The smallest absolute Gasteiger partial charge is 0.303 e. The Hall–Kier alpha value is -1.25. The van der Waals surface area contributed by atoms with Gasteiger partial charge in [0.1, 0.15) is 11.5 Å². The third-order valence-electron chi connectivity index (χ3n) is 6.64. The lowest BCUT2D eigenvalue weighted by Crippen LogP contribution is -1.93. The van der Waals surface area contributed by atoms with Gasteiger partial charge in [0.05, 0.1) is 0 Å². The number of carboxylic acid groups (broad SMARTS) is 1. The Kier molecular flexibility index (Phi) is 18.3. The molecule has 186 valence electrons. The lowest BCUT2D eigenvalue weighted by atomic mass is 10.0. The Morgan fingerprint density at radius 2 is 1.12 bits per heavy atom. The van der Waals surface area contributed by atoms with Crippen molar-refractivity contribution in [2.75, 3.05) is 0 Å². The molecule has 0 bridgehead atoms. The van der Waals surface area contributed by atoms with Crippen LogP contribution < -0.4 is 0 Å². The van der Waals surface area contributed by atoms with Crippen molar-refractivity contribution < 1.29 is 14.3 Å². The van der Waals surface area contributed by atoms with E-state index in [0.717, 1.165) is 25.7 Å². The van der Waals surface area contributed by atoms with Crippen LogP contribution in [-0.2, 0) is 17.6 Å². The van der Waals surface area contributed by atoms with Crippen LogP contribution in [0.5, 0.6) is 0 Å². The number of carboxylic acids is 1. The van der Waals surface area contributed by atoms with Crippen molar-refractivity contribution in [2.24, 2.45) is 0 Å². The molecule has 0 atom stereocenters. The summed E-state index contributed by atoms with van der Waals surface area (Å²) in [6, 6.07) is 2.28. The quantitative estimate of drug-likeness (QED) is 0.169. The Balaban J connectivity index is 1.91.